The van der Waals surface area contributed by atoms with Crippen LogP contribution in [-0.2, 0) is 18.4 Å². The summed E-state index contributed by atoms with van der Waals surface area (Å²) in [5, 5.41) is 13.8. The first-order chi connectivity index (χ1) is 34.0. The van der Waals surface area contributed by atoms with E-state index in [4.69, 9.17) is 9.05 Å². The highest BCUT2D eigenvalue weighted by Crippen LogP contribution is 2.38. The Bertz CT molecular complexity index is 1460. The molecule has 0 aliphatic rings. The molecule has 0 aromatic carbocycles. The third kappa shape index (κ3) is 53.2. The summed E-state index contributed by atoms with van der Waals surface area (Å²) in [4.78, 5) is 25.4. The number of nitrogens with one attached hydrogen (secondary N) is 1. The monoisotopic (exact) mass is 997 g/mol. The Morgan fingerprint density at radius 3 is 1.27 bits per heavy atom. The lowest BCUT2D eigenvalue weighted by Gasteiger charge is -2.29. The van der Waals surface area contributed by atoms with Crippen molar-refractivity contribution in [2.75, 3.05) is 40.9 Å². The molecule has 70 heavy (non-hydrogen) atoms. The molecule has 0 aromatic heterocycles. The summed E-state index contributed by atoms with van der Waals surface area (Å²) < 4.78 is 23.3. The fourth-order valence-electron chi connectivity index (χ4n) is 7.84. The van der Waals surface area contributed by atoms with Gasteiger partial charge in [-0.1, -0.05) is 246 Å². The quantitative estimate of drug-likeness (QED) is 0.0272. The smallest absolute Gasteiger partial charge is 0.268 e. The van der Waals surface area contributed by atoms with E-state index in [0.717, 1.165) is 83.5 Å². The number of quaternary nitrogens is 1. The molecule has 9 heteroatoms. The molecule has 0 aromatic rings. The summed E-state index contributed by atoms with van der Waals surface area (Å²) in [6, 6.07) is -0.889. The van der Waals surface area contributed by atoms with E-state index in [0.29, 0.717) is 17.4 Å². The van der Waals surface area contributed by atoms with Crippen LogP contribution in [0.2, 0.25) is 0 Å². The van der Waals surface area contributed by atoms with Crippen molar-refractivity contribution in [2.24, 2.45) is 0 Å². The fraction of sp³-hybridized carbons (Fsp3) is 0.721. The van der Waals surface area contributed by atoms with Crippen molar-refractivity contribution >= 4 is 13.7 Å². The Kier molecular flexibility index (Phi) is 49.4. The molecule has 0 saturated carbocycles. The third-order valence-electron chi connectivity index (χ3n) is 12.3. The number of phosphoric ester groups is 1. The van der Waals surface area contributed by atoms with Gasteiger partial charge in [-0.25, -0.2) is 0 Å². The number of hydrogen-bond acceptors (Lipinski definition) is 6. The van der Waals surface area contributed by atoms with Crippen LogP contribution >= 0.6 is 7.82 Å². The predicted octanol–water partition coefficient (Wildman–Crippen LogP) is 16.8. The molecule has 0 saturated heterocycles. The molecular weight excluding hydrogens is 888 g/mol. The van der Waals surface area contributed by atoms with Crippen LogP contribution in [-0.4, -0.2) is 68.5 Å². The summed E-state index contributed by atoms with van der Waals surface area (Å²) in [7, 11) is 1.25. The van der Waals surface area contributed by atoms with Crippen LogP contribution in [0, 0.1) is 0 Å². The molecule has 0 aliphatic heterocycles. The molecule has 0 spiro atoms. The fourth-order valence-corrected chi connectivity index (χ4v) is 8.56. The second kappa shape index (κ2) is 51.3. The van der Waals surface area contributed by atoms with Gasteiger partial charge in [0, 0.05) is 6.42 Å². The number of unbranched alkanes of at least 4 members (excludes halogenated alkanes) is 24. The van der Waals surface area contributed by atoms with Gasteiger partial charge in [0.1, 0.15) is 13.2 Å². The average Bonchev–Trinajstić information content (AvgIpc) is 3.32. The number of aliphatic hydroxyl groups excluding tert-OH is 1. The van der Waals surface area contributed by atoms with E-state index in [1.165, 1.54) is 128 Å². The van der Waals surface area contributed by atoms with E-state index in [9.17, 15) is 19.4 Å². The maximum Gasteiger partial charge on any atom is 0.268 e. The van der Waals surface area contributed by atoms with Crippen molar-refractivity contribution in [1.29, 1.82) is 0 Å². The Labute approximate surface area is 432 Å². The first-order valence-corrected chi connectivity index (χ1v) is 30.1. The lowest BCUT2D eigenvalue weighted by Crippen LogP contribution is -2.45. The van der Waals surface area contributed by atoms with Crippen molar-refractivity contribution in [2.45, 2.75) is 244 Å². The summed E-state index contributed by atoms with van der Waals surface area (Å²) in [6.45, 7) is 4.51. The number of carbonyl (C=O) groups is 1. The largest absolute Gasteiger partial charge is 0.756 e. The van der Waals surface area contributed by atoms with Gasteiger partial charge in [0.15, 0.2) is 0 Å². The van der Waals surface area contributed by atoms with Crippen LogP contribution in [0.1, 0.15) is 232 Å². The molecule has 0 aliphatic carbocycles. The van der Waals surface area contributed by atoms with Gasteiger partial charge in [0.05, 0.1) is 39.9 Å². The standard InChI is InChI=1S/C61H109N2O6P/c1-6-8-10-12-14-16-18-19-20-21-22-23-24-25-26-27-28-29-30-31-32-33-34-35-36-37-38-39-40-41-42-43-45-47-49-51-53-55-61(65)62-59(58-69-70(66,67)68-57-56-63(3,4)5)60(64)54-52-50-48-46-44-17-15-13-11-9-7-2/h8,10,14,16,19-20,22-23,25-26,28-29,31-32,52,54,59-60,64H,6-7,9,11-13,15,17-18,21,24,27,30,33-51,53,55-58H2,1-5H3,(H-,62,65,66,67)/b10-8-,16-14-,20-19-,23-22-,26-25-,29-28-,32-31-,54-52+. The van der Waals surface area contributed by atoms with Crippen molar-refractivity contribution in [3.8, 4) is 0 Å². The number of likely N-dealkylation sites (N-methyl/N-ethyl adjacent to an activating group) is 1. The van der Waals surface area contributed by atoms with Gasteiger partial charge in [-0.2, -0.15) is 0 Å². The maximum atomic E-state index is 12.9. The SMILES string of the molecule is CC/C=C\C/C=C\C/C=C\C/C=C\C/C=C\C/C=C\C/C=C\CCCCCCCCCCCCCCCCCC(=O)NC(COP(=O)([O-])OCC[N+](C)(C)C)C(O)/C=C/CCCCCCCCCCC. The Balaban J connectivity index is 4.00. The second-order valence-electron chi connectivity index (χ2n) is 20.3. The number of amides is 1. The van der Waals surface area contributed by atoms with Gasteiger partial charge in [-0.05, 0) is 77.0 Å². The van der Waals surface area contributed by atoms with Gasteiger partial charge in [-0.15, -0.1) is 0 Å². The maximum absolute atomic E-state index is 12.9. The number of hydrogen-bond donors (Lipinski definition) is 2. The molecule has 0 bridgehead atoms. The second-order valence-corrected chi connectivity index (χ2v) is 21.7. The molecule has 0 radical (unpaired) electrons. The molecule has 1 amide bonds. The normalized spacial score (nSPS) is 14.7. The van der Waals surface area contributed by atoms with E-state index in [2.05, 4.69) is 104 Å². The summed E-state index contributed by atoms with van der Waals surface area (Å²) in [5.41, 5.74) is 0. The lowest BCUT2D eigenvalue weighted by molar-refractivity contribution is -0.870. The van der Waals surface area contributed by atoms with Gasteiger partial charge >= 0.3 is 0 Å². The number of rotatable bonds is 51. The number of phosphoric acid groups is 1. The summed E-state index contributed by atoms with van der Waals surface area (Å²) in [6.07, 6.45) is 73.5. The highest BCUT2D eigenvalue weighted by molar-refractivity contribution is 7.45. The minimum atomic E-state index is -4.59. The van der Waals surface area contributed by atoms with E-state index in [-0.39, 0.29) is 19.1 Å². The van der Waals surface area contributed by atoms with Crippen LogP contribution in [0.4, 0.5) is 0 Å². The highest BCUT2D eigenvalue weighted by atomic mass is 31.2. The zero-order chi connectivity index (χ0) is 51.3. The van der Waals surface area contributed by atoms with Crippen LogP contribution < -0.4 is 10.2 Å². The number of carbonyl (C=O) groups excluding carboxylic acids is 1. The van der Waals surface area contributed by atoms with Crippen molar-refractivity contribution in [1.82, 2.24) is 5.32 Å². The van der Waals surface area contributed by atoms with Gasteiger partial charge < -0.3 is 28.8 Å². The number of aliphatic hydroxyl groups is 1. The molecule has 3 atom stereocenters. The minimum absolute atomic E-state index is 0.00382. The first-order valence-electron chi connectivity index (χ1n) is 28.6. The zero-order valence-corrected chi connectivity index (χ0v) is 46.8. The van der Waals surface area contributed by atoms with E-state index >= 15 is 0 Å². The average molecular weight is 998 g/mol. The van der Waals surface area contributed by atoms with E-state index < -0.39 is 20.0 Å². The molecule has 2 N–H and O–H groups in total. The molecule has 0 heterocycles. The Morgan fingerprint density at radius 1 is 0.514 bits per heavy atom. The van der Waals surface area contributed by atoms with Crippen molar-refractivity contribution in [3.63, 3.8) is 0 Å². The third-order valence-corrected chi connectivity index (χ3v) is 13.3. The summed E-state index contributed by atoms with van der Waals surface area (Å²) in [5.74, 6) is -0.202. The minimum Gasteiger partial charge on any atom is -0.756 e. The van der Waals surface area contributed by atoms with E-state index in [1.807, 2.05) is 27.2 Å². The topological polar surface area (TPSA) is 108 Å². The van der Waals surface area contributed by atoms with E-state index in [1.54, 1.807) is 6.08 Å². The first kappa shape index (κ1) is 67.4. The lowest BCUT2D eigenvalue weighted by atomic mass is 10.0. The molecular formula is C61H109N2O6P. The Morgan fingerprint density at radius 2 is 0.871 bits per heavy atom. The molecule has 3 unspecified atom stereocenters. The summed E-state index contributed by atoms with van der Waals surface area (Å²) >= 11 is 0. The van der Waals surface area contributed by atoms with Gasteiger partial charge in [-0.3, -0.25) is 9.36 Å². The van der Waals surface area contributed by atoms with Gasteiger partial charge in [0.2, 0.25) is 5.91 Å². The van der Waals surface area contributed by atoms with Crippen LogP contribution in [0.25, 0.3) is 0 Å². The highest BCUT2D eigenvalue weighted by Gasteiger charge is 2.23. The molecule has 0 rings (SSSR count). The van der Waals surface area contributed by atoms with Crippen LogP contribution in [0.5, 0.6) is 0 Å². The van der Waals surface area contributed by atoms with Crippen molar-refractivity contribution < 1.29 is 32.9 Å². The number of allylic oxidation sites excluding steroid dienone is 15. The molecule has 0 fully saturated rings. The zero-order valence-electron chi connectivity index (χ0n) is 45.9. The molecule has 404 valence electrons. The van der Waals surface area contributed by atoms with Crippen molar-refractivity contribution in [3.05, 3.63) is 97.2 Å². The number of nitrogens with zero attached hydrogens (tertiary/aromatic N) is 1. The van der Waals surface area contributed by atoms with Crippen LogP contribution in [0.3, 0.4) is 0 Å². The van der Waals surface area contributed by atoms with Gasteiger partial charge in [0.25, 0.3) is 7.82 Å². The molecule has 8 nitrogen and oxygen atoms in total. The van der Waals surface area contributed by atoms with Crippen LogP contribution in [0.15, 0.2) is 97.2 Å². The predicted molar refractivity (Wildman–Crippen MR) is 302 cm³/mol. The Hall–Kier alpha value is -2.58.